The molecule has 0 amide bonds. The number of aryl methyl sites for hydroxylation is 1. The number of rotatable bonds is 5. The summed E-state index contributed by atoms with van der Waals surface area (Å²) in [7, 11) is 1.66. The maximum atomic E-state index is 5.24. The maximum absolute atomic E-state index is 5.24. The Labute approximate surface area is 142 Å². The van der Waals surface area contributed by atoms with Gasteiger partial charge in [-0.05, 0) is 55.9 Å². The van der Waals surface area contributed by atoms with Crippen molar-refractivity contribution in [3.05, 3.63) is 59.7 Å². The fraction of sp³-hybridized carbons (Fsp3) is 0.222. The molecule has 0 atom stereocenters. The molecule has 0 saturated carbocycles. The highest BCUT2D eigenvalue weighted by Gasteiger charge is 1.99. The smallest absolute Gasteiger partial charge is 0.191 e. The van der Waals surface area contributed by atoms with Crippen molar-refractivity contribution in [1.29, 1.82) is 0 Å². The van der Waals surface area contributed by atoms with E-state index in [1.807, 2.05) is 62.4 Å². The van der Waals surface area contributed by atoms with Crippen LogP contribution in [0.25, 0.3) is 0 Å². The van der Waals surface area contributed by atoms with Crippen LogP contribution in [0.1, 0.15) is 18.1 Å². The number of ether oxygens (including phenoxy) is 1. The molecule has 2 aromatic rings. The first-order valence-electron chi connectivity index (χ1n) is 7.36. The first kappa shape index (κ1) is 17.0. The number of thiocarbonyl (C=S) groups is 1. The predicted molar refractivity (Wildman–Crippen MR) is 100 cm³/mol. The highest BCUT2D eigenvalue weighted by molar-refractivity contribution is 7.80. The van der Waals surface area contributed by atoms with E-state index in [2.05, 4.69) is 15.8 Å². The van der Waals surface area contributed by atoms with Gasteiger partial charge in [0.2, 0.25) is 0 Å². The quantitative estimate of drug-likeness (QED) is 0.496. The van der Waals surface area contributed by atoms with Crippen LogP contribution in [0.15, 0.2) is 53.6 Å². The first-order chi connectivity index (χ1) is 11.1. The average molecular weight is 327 g/mol. The zero-order valence-electron chi connectivity index (χ0n) is 13.6. The third-order valence-corrected chi connectivity index (χ3v) is 3.47. The van der Waals surface area contributed by atoms with E-state index in [0.29, 0.717) is 5.11 Å². The lowest BCUT2D eigenvalue weighted by atomic mass is 10.1. The summed E-state index contributed by atoms with van der Waals surface area (Å²) in [6.45, 7) is 4.01. The second-order valence-electron chi connectivity index (χ2n) is 5.30. The van der Waals surface area contributed by atoms with E-state index in [0.717, 1.165) is 23.6 Å². The Morgan fingerprint density at radius 1 is 1.09 bits per heavy atom. The summed E-state index contributed by atoms with van der Waals surface area (Å²) < 4.78 is 5.15. The fourth-order valence-corrected chi connectivity index (χ4v) is 2.18. The molecule has 0 aliphatic carbocycles. The number of benzene rings is 2. The van der Waals surface area contributed by atoms with Gasteiger partial charge in [0.15, 0.2) is 5.11 Å². The number of nitrogens with zero attached hydrogens (tertiary/aromatic N) is 1. The van der Waals surface area contributed by atoms with Crippen molar-refractivity contribution in [1.82, 2.24) is 5.43 Å². The SMILES string of the molecule is COc1ccc(C/C(C)=N\NC(=S)Nc2ccc(C)cc2)cc1. The number of hydrogen-bond acceptors (Lipinski definition) is 3. The van der Waals surface area contributed by atoms with Crippen LogP contribution in [0.2, 0.25) is 0 Å². The minimum Gasteiger partial charge on any atom is -0.497 e. The van der Waals surface area contributed by atoms with Crippen molar-refractivity contribution in [2.75, 3.05) is 12.4 Å². The minimum atomic E-state index is 0.475. The Hall–Kier alpha value is -2.40. The minimum absolute atomic E-state index is 0.475. The Morgan fingerprint density at radius 2 is 1.74 bits per heavy atom. The van der Waals surface area contributed by atoms with Crippen LogP contribution < -0.4 is 15.5 Å². The van der Waals surface area contributed by atoms with Crippen molar-refractivity contribution >= 4 is 28.7 Å². The molecule has 0 spiro atoms. The van der Waals surface area contributed by atoms with Crippen LogP contribution in [0, 0.1) is 6.92 Å². The van der Waals surface area contributed by atoms with Crippen LogP contribution in [0.3, 0.4) is 0 Å². The van der Waals surface area contributed by atoms with Gasteiger partial charge >= 0.3 is 0 Å². The Morgan fingerprint density at radius 3 is 2.35 bits per heavy atom. The number of anilines is 1. The summed E-state index contributed by atoms with van der Waals surface area (Å²) in [4.78, 5) is 0. The Balaban J connectivity index is 1.85. The van der Waals surface area contributed by atoms with Gasteiger partial charge in [-0.2, -0.15) is 5.10 Å². The summed E-state index contributed by atoms with van der Waals surface area (Å²) in [5.74, 6) is 0.852. The van der Waals surface area contributed by atoms with E-state index >= 15 is 0 Å². The average Bonchev–Trinajstić information content (AvgIpc) is 2.56. The van der Waals surface area contributed by atoms with E-state index in [9.17, 15) is 0 Å². The van der Waals surface area contributed by atoms with Crippen molar-refractivity contribution in [3.8, 4) is 5.75 Å². The molecule has 2 N–H and O–H groups in total. The number of nitrogens with one attached hydrogen (secondary N) is 2. The molecular formula is C18H21N3OS. The molecule has 23 heavy (non-hydrogen) atoms. The van der Waals surface area contributed by atoms with E-state index in [1.165, 1.54) is 11.1 Å². The largest absolute Gasteiger partial charge is 0.497 e. The van der Waals surface area contributed by atoms with Gasteiger partial charge in [0, 0.05) is 17.8 Å². The normalized spacial score (nSPS) is 11.0. The van der Waals surface area contributed by atoms with Gasteiger partial charge in [-0.15, -0.1) is 0 Å². The molecule has 0 heterocycles. The molecule has 0 unspecified atom stereocenters. The molecule has 120 valence electrons. The standard InChI is InChI=1S/C18H21N3OS/c1-13-4-8-16(9-5-13)19-18(23)21-20-14(2)12-15-6-10-17(22-3)11-7-15/h4-11H,12H2,1-3H3,(H2,19,21,23)/b20-14-. The van der Waals surface area contributed by atoms with E-state index in [-0.39, 0.29) is 0 Å². The van der Waals surface area contributed by atoms with E-state index in [1.54, 1.807) is 7.11 Å². The molecule has 2 aromatic carbocycles. The van der Waals surface area contributed by atoms with E-state index < -0.39 is 0 Å². The van der Waals surface area contributed by atoms with Crippen LogP contribution in [-0.2, 0) is 6.42 Å². The monoisotopic (exact) mass is 327 g/mol. The topological polar surface area (TPSA) is 45.6 Å². The van der Waals surface area contributed by atoms with Crippen LogP contribution in [0.4, 0.5) is 5.69 Å². The highest BCUT2D eigenvalue weighted by Crippen LogP contribution is 2.12. The van der Waals surface area contributed by atoms with Crippen LogP contribution in [-0.4, -0.2) is 17.9 Å². The first-order valence-corrected chi connectivity index (χ1v) is 7.77. The summed E-state index contributed by atoms with van der Waals surface area (Å²) in [5.41, 5.74) is 7.14. The molecule has 0 bridgehead atoms. The summed E-state index contributed by atoms with van der Waals surface area (Å²) in [6.07, 6.45) is 0.754. The highest BCUT2D eigenvalue weighted by atomic mass is 32.1. The number of hydrogen-bond donors (Lipinski definition) is 2. The van der Waals surface area contributed by atoms with Crippen LogP contribution >= 0.6 is 12.2 Å². The van der Waals surface area contributed by atoms with Gasteiger partial charge in [0.1, 0.15) is 5.75 Å². The molecule has 2 rings (SSSR count). The third kappa shape index (κ3) is 5.71. The van der Waals surface area contributed by atoms with Gasteiger partial charge in [-0.3, -0.25) is 5.43 Å². The third-order valence-electron chi connectivity index (χ3n) is 3.28. The molecule has 0 aliphatic rings. The van der Waals surface area contributed by atoms with Gasteiger partial charge in [-0.1, -0.05) is 29.8 Å². The van der Waals surface area contributed by atoms with Crippen molar-refractivity contribution in [3.63, 3.8) is 0 Å². The lowest BCUT2D eigenvalue weighted by molar-refractivity contribution is 0.414. The molecule has 0 fully saturated rings. The molecule has 0 radical (unpaired) electrons. The molecule has 5 heteroatoms. The predicted octanol–water partition coefficient (Wildman–Crippen LogP) is 3.91. The Bertz CT molecular complexity index is 678. The molecule has 0 aromatic heterocycles. The van der Waals surface area contributed by atoms with Gasteiger partial charge in [0.25, 0.3) is 0 Å². The molecule has 0 aliphatic heterocycles. The summed E-state index contributed by atoms with van der Waals surface area (Å²) >= 11 is 5.24. The lowest BCUT2D eigenvalue weighted by Gasteiger charge is -2.08. The molecule has 4 nitrogen and oxygen atoms in total. The van der Waals surface area contributed by atoms with Crippen molar-refractivity contribution in [2.24, 2.45) is 5.10 Å². The number of methoxy groups -OCH3 is 1. The zero-order valence-corrected chi connectivity index (χ0v) is 14.4. The van der Waals surface area contributed by atoms with E-state index in [4.69, 9.17) is 17.0 Å². The second kappa shape index (κ2) is 8.29. The van der Waals surface area contributed by atoms with Gasteiger partial charge in [0.05, 0.1) is 7.11 Å². The summed E-state index contributed by atoms with van der Waals surface area (Å²) in [5, 5.41) is 7.88. The van der Waals surface area contributed by atoms with Crippen molar-refractivity contribution < 1.29 is 4.74 Å². The maximum Gasteiger partial charge on any atom is 0.191 e. The van der Waals surface area contributed by atoms with Crippen molar-refractivity contribution in [2.45, 2.75) is 20.3 Å². The van der Waals surface area contributed by atoms with Crippen LogP contribution in [0.5, 0.6) is 5.75 Å². The molecular weight excluding hydrogens is 306 g/mol. The fourth-order valence-electron chi connectivity index (χ4n) is 2.02. The Kier molecular flexibility index (Phi) is 6.11. The van der Waals surface area contributed by atoms with Gasteiger partial charge in [-0.25, -0.2) is 0 Å². The molecule has 0 saturated heterocycles. The second-order valence-corrected chi connectivity index (χ2v) is 5.71. The number of hydrazone groups is 1. The summed E-state index contributed by atoms with van der Waals surface area (Å²) in [6, 6.07) is 16.0. The lowest BCUT2D eigenvalue weighted by Crippen LogP contribution is -2.25. The zero-order chi connectivity index (χ0) is 16.7. The van der Waals surface area contributed by atoms with Gasteiger partial charge < -0.3 is 10.1 Å².